The number of nitro benzene ring substituents is 1. The van der Waals surface area contributed by atoms with Crippen molar-refractivity contribution in [1.29, 1.82) is 0 Å². The summed E-state index contributed by atoms with van der Waals surface area (Å²) in [4.78, 5) is 22.3. The average Bonchev–Trinajstić information content (AvgIpc) is 2.50. The Balaban J connectivity index is 2.10. The van der Waals surface area contributed by atoms with Gasteiger partial charge in [0.15, 0.2) is 5.11 Å². The predicted molar refractivity (Wildman–Crippen MR) is 98.3 cm³/mol. The number of amides is 1. The lowest BCUT2D eigenvalue weighted by atomic mass is 10.2. The Labute approximate surface area is 156 Å². The van der Waals surface area contributed by atoms with Crippen LogP contribution in [-0.2, 0) is 0 Å². The van der Waals surface area contributed by atoms with Crippen molar-refractivity contribution in [2.45, 2.75) is 0 Å². The van der Waals surface area contributed by atoms with Crippen LogP contribution in [0.3, 0.4) is 0 Å². The summed E-state index contributed by atoms with van der Waals surface area (Å²) in [5.74, 6) is -0.627. The quantitative estimate of drug-likeness (QED) is 0.441. The van der Waals surface area contributed by atoms with Gasteiger partial charge in [0.05, 0.1) is 15.6 Å². The fourth-order valence-corrected chi connectivity index (χ4v) is 2.56. The van der Waals surface area contributed by atoms with Gasteiger partial charge in [0.25, 0.3) is 11.6 Å². The third kappa shape index (κ3) is 4.55. The molecule has 0 radical (unpaired) electrons. The highest BCUT2D eigenvalue weighted by atomic mass is 35.5. The first kappa shape index (κ1) is 18.4. The van der Waals surface area contributed by atoms with E-state index in [1.807, 2.05) is 0 Å². The Hall–Kier alpha value is -1.93. The number of anilines is 1. The molecule has 24 heavy (non-hydrogen) atoms. The number of carbonyl (C=O) groups is 1. The van der Waals surface area contributed by atoms with E-state index in [1.54, 1.807) is 12.1 Å². The molecule has 1 amide bonds. The summed E-state index contributed by atoms with van der Waals surface area (Å²) < 4.78 is 0. The molecule has 0 aliphatic carbocycles. The zero-order valence-corrected chi connectivity index (χ0v) is 14.8. The van der Waals surface area contributed by atoms with Gasteiger partial charge in [-0.3, -0.25) is 20.2 Å². The summed E-state index contributed by atoms with van der Waals surface area (Å²) in [5.41, 5.74) is 0.120. The largest absolute Gasteiger partial charge is 0.331 e. The molecule has 0 fully saturated rings. The fraction of sp³-hybridized carbons (Fsp3) is 0. The van der Waals surface area contributed by atoms with Crippen molar-refractivity contribution in [3.63, 3.8) is 0 Å². The van der Waals surface area contributed by atoms with E-state index in [-0.39, 0.29) is 21.4 Å². The van der Waals surface area contributed by atoms with Crippen molar-refractivity contribution in [2.24, 2.45) is 0 Å². The topological polar surface area (TPSA) is 84.3 Å². The van der Waals surface area contributed by atoms with Crippen molar-refractivity contribution in [3.05, 3.63) is 67.1 Å². The minimum Gasteiger partial charge on any atom is -0.331 e. The number of rotatable bonds is 3. The molecule has 0 saturated heterocycles. The monoisotopic (exact) mass is 403 g/mol. The molecule has 2 aromatic rings. The lowest BCUT2D eigenvalue weighted by molar-refractivity contribution is -0.384. The number of thiocarbonyl (C=S) groups is 1. The van der Waals surface area contributed by atoms with Crippen LogP contribution in [0.4, 0.5) is 11.4 Å². The van der Waals surface area contributed by atoms with Crippen LogP contribution in [0.15, 0.2) is 36.4 Å². The van der Waals surface area contributed by atoms with Gasteiger partial charge in [-0.25, -0.2) is 0 Å². The zero-order valence-electron chi connectivity index (χ0n) is 11.7. The number of nitrogens with one attached hydrogen (secondary N) is 2. The van der Waals surface area contributed by atoms with Crippen LogP contribution in [0, 0.1) is 10.1 Å². The second kappa shape index (κ2) is 7.76. The maximum Gasteiger partial charge on any atom is 0.288 e. The van der Waals surface area contributed by atoms with Gasteiger partial charge in [-0.15, -0.1) is 0 Å². The van der Waals surface area contributed by atoms with Crippen molar-refractivity contribution in [2.75, 3.05) is 5.32 Å². The minimum atomic E-state index is -0.677. The van der Waals surface area contributed by atoms with Crippen LogP contribution in [-0.4, -0.2) is 15.9 Å². The van der Waals surface area contributed by atoms with Gasteiger partial charge in [-0.05, 0) is 42.5 Å². The molecular formula is C14H8Cl3N3O3S. The van der Waals surface area contributed by atoms with Gasteiger partial charge in [0.1, 0.15) is 5.02 Å². The van der Waals surface area contributed by atoms with E-state index in [0.717, 1.165) is 6.07 Å². The molecule has 6 nitrogen and oxygen atoms in total. The normalized spacial score (nSPS) is 10.1. The smallest absolute Gasteiger partial charge is 0.288 e. The maximum atomic E-state index is 12.1. The standard InChI is InChI=1S/C14H8Cl3N3O3S/c15-8-2-4-11(10(17)6-8)18-14(24)19-13(21)7-1-3-9(16)12(5-7)20(22)23/h1-6H,(H2,18,19,21,24). The van der Waals surface area contributed by atoms with Crippen LogP contribution in [0.2, 0.25) is 15.1 Å². The average molecular weight is 405 g/mol. The van der Waals surface area contributed by atoms with E-state index < -0.39 is 10.8 Å². The van der Waals surface area contributed by atoms with Crippen molar-refractivity contribution in [1.82, 2.24) is 5.32 Å². The van der Waals surface area contributed by atoms with Crippen LogP contribution in [0.1, 0.15) is 10.4 Å². The van der Waals surface area contributed by atoms with Gasteiger partial charge in [-0.2, -0.15) is 0 Å². The SMILES string of the molecule is O=C(NC(=S)Nc1ccc(Cl)cc1Cl)c1ccc(Cl)c([N+](=O)[O-])c1. The highest BCUT2D eigenvalue weighted by Gasteiger charge is 2.17. The molecule has 0 heterocycles. The molecule has 0 spiro atoms. The summed E-state index contributed by atoms with van der Waals surface area (Å²) in [7, 11) is 0. The van der Waals surface area contributed by atoms with E-state index in [4.69, 9.17) is 47.0 Å². The third-order valence-corrected chi connectivity index (χ3v) is 3.88. The molecule has 0 saturated carbocycles. The molecule has 0 unspecified atom stereocenters. The van der Waals surface area contributed by atoms with E-state index >= 15 is 0 Å². The highest BCUT2D eigenvalue weighted by molar-refractivity contribution is 7.80. The Bertz CT molecular complexity index is 845. The van der Waals surface area contributed by atoms with E-state index in [0.29, 0.717) is 15.7 Å². The van der Waals surface area contributed by atoms with E-state index in [1.165, 1.54) is 18.2 Å². The van der Waals surface area contributed by atoms with Crippen molar-refractivity contribution >= 4 is 69.4 Å². The maximum absolute atomic E-state index is 12.1. The number of nitrogens with zero attached hydrogens (tertiary/aromatic N) is 1. The molecular weight excluding hydrogens is 397 g/mol. The van der Waals surface area contributed by atoms with Crippen molar-refractivity contribution in [3.8, 4) is 0 Å². The minimum absolute atomic E-state index is 0.0261. The Kier molecular flexibility index (Phi) is 5.95. The Morgan fingerprint density at radius 1 is 1.08 bits per heavy atom. The first-order valence-electron chi connectivity index (χ1n) is 6.29. The Morgan fingerprint density at radius 3 is 2.42 bits per heavy atom. The molecule has 10 heteroatoms. The second-order valence-electron chi connectivity index (χ2n) is 4.46. The van der Waals surface area contributed by atoms with Crippen LogP contribution in [0.5, 0.6) is 0 Å². The molecule has 0 aliphatic rings. The summed E-state index contributed by atoms with van der Waals surface area (Å²) >= 11 is 22.5. The van der Waals surface area contributed by atoms with Gasteiger partial charge >= 0.3 is 0 Å². The number of hydrogen-bond donors (Lipinski definition) is 2. The van der Waals surface area contributed by atoms with E-state index in [9.17, 15) is 14.9 Å². The van der Waals surface area contributed by atoms with Crippen LogP contribution in [0.25, 0.3) is 0 Å². The molecule has 2 rings (SSSR count). The van der Waals surface area contributed by atoms with Gasteiger partial charge in [-0.1, -0.05) is 34.8 Å². The number of benzene rings is 2. The molecule has 0 bridgehead atoms. The van der Waals surface area contributed by atoms with E-state index in [2.05, 4.69) is 10.6 Å². The Morgan fingerprint density at radius 2 is 1.79 bits per heavy atom. The summed E-state index contributed by atoms with van der Waals surface area (Å²) in [5, 5.41) is 16.7. The lowest BCUT2D eigenvalue weighted by Crippen LogP contribution is -2.34. The lowest BCUT2D eigenvalue weighted by Gasteiger charge is -2.11. The highest BCUT2D eigenvalue weighted by Crippen LogP contribution is 2.26. The summed E-state index contributed by atoms with van der Waals surface area (Å²) in [6.45, 7) is 0. The number of nitro groups is 1. The molecule has 0 aromatic heterocycles. The summed E-state index contributed by atoms with van der Waals surface area (Å²) in [6, 6.07) is 8.39. The molecule has 0 atom stereocenters. The molecule has 124 valence electrons. The first-order chi connectivity index (χ1) is 11.3. The van der Waals surface area contributed by atoms with Crippen LogP contribution < -0.4 is 10.6 Å². The number of halogens is 3. The molecule has 2 aromatic carbocycles. The first-order valence-corrected chi connectivity index (χ1v) is 7.83. The van der Waals surface area contributed by atoms with Gasteiger partial charge in [0.2, 0.25) is 0 Å². The summed E-state index contributed by atoms with van der Waals surface area (Å²) in [6.07, 6.45) is 0. The predicted octanol–water partition coefficient (Wildman–Crippen LogP) is 4.68. The zero-order chi connectivity index (χ0) is 17.9. The molecule has 2 N–H and O–H groups in total. The third-order valence-electron chi connectivity index (χ3n) is 2.81. The second-order valence-corrected chi connectivity index (χ2v) is 6.11. The number of hydrogen-bond acceptors (Lipinski definition) is 4. The van der Waals surface area contributed by atoms with Gasteiger partial charge in [0, 0.05) is 16.7 Å². The molecule has 0 aliphatic heterocycles. The van der Waals surface area contributed by atoms with Gasteiger partial charge < -0.3 is 5.32 Å². The van der Waals surface area contributed by atoms with Crippen molar-refractivity contribution < 1.29 is 9.72 Å². The fourth-order valence-electron chi connectivity index (χ4n) is 1.71. The van der Waals surface area contributed by atoms with Crippen LogP contribution >= 0.6 is 47.0 Å². The number of carbonyl (C=O) groups excluding carboxylic acids is 1.